The SMILES string of the molecule is COc1ccc2cc(-c3cccc4cc(C(C)=O)c(=O)oc34)c(=O)oc2c1. The van der Waals surface area contributed by atoms with E-state index in [4.69, 9.17) is 13.6 Å². The molecule has 2 heterocycles. The van der Waals surface area contributed by atoms with Crippen LogP contribution in [0.1, 0.15) is 17.3 Å². The molecule has 0 saturated carbocycles. The molecule has 4 aromatic rings. The Bertz CT molecular complexity index is 1330. The molecule has 2 aromatic carbocycles. The van der Waals surface area contributed by atoms with Crippen molar-refractivity contribution in [1.82, 2.24) is 0 Å². The number of ketones is 1. The second kappa shape index (κ2) is 6.25. The van der Waals surface area contributed by atoms with Crippen LogP contribution in [0.3, 0.4) is 0 Å². The summed E-state index contributed by atoms with van der Waals surface area (Å²) in [6.45, 7) is 1.30. The van der Waals surface area contributed by atoms with Gasteiger partial charge in [0, 0.05) is 22.4 Å². The highest BCUT2D eigenvalue weighted by Crippen LogP contribution is 2.29. The Morgan fingerprint density at radius 2 is 1.70 bits per heavy atom. The van der Waals surface area contributed by atoms with Crippen molar-refractivity contribution in [2.24, 2.45) is 0 Å². The van der Waals surface area contributed by atoms with E-state index >= 15 is 0 Å². The summed E-state index contributed by atoms with van der Waals surface area (Å²) in [4.78, 5) is 36.3. The Labute approximate surface area is 152 Å². The monoisotopic (exact) mass is 362 g/mol. The third-order valence-corrected chi connectivity index (χ3v) is 4.37. The molecule has 0 radical (unpaired) electrons. The first-order chi connectivity index (χ1) is 13.0. The number of Topliss-reactive ketones (excluding diaryl/α,β-unsaturated/α-hetero) is 1. The molecule has 0 N–H and O–H groups in total. The topological polar surface area (TPSA) is 86.7 Å². The molecule has 0 amide bonds. The smallest absolute Gasteiger partial charge is 0.347 e. The van der Waals surface area contributed by atoms with Crippen LogP contribution < -0.4 is 16.0 Å². The van der Waals surface area contributed by atoms with Crippen LogP contribution in [0, 0.1) is 0 Å². The summed E-state index contributed by atoms with van der Waals surface area (Å²) in [5.74, 6) is 0.196. The normalized spacial score (nSPS) is 11.0. The zero-order chi connectivity index (χ0) is 19.1. The molecule has 27 heavy (non-hydrogen) atoms. The first-order valence-corrected chi connectivity index (χ1v) is 8.18. The van der Waals surface area contributed by atoms with Gasteiger partial charge in [0.05, 0.1) is 12.7 Å². The summed E-state index contributed by atoms with van der Waals surface area (Å²) in [7, 11) is 1.53. The highest BCUT2D eigenvalue weighted by Gasteiger charge is 2.16. The lowest BCUT2D eigenvalue weighted by atomic mass is 10.0. The first kappa shape index (κ1) is 16.8. The highest BCUT2D eigenvalue weighted by atomic mass is 16.5. The van der Waals surface area contributed by atoms with Crippen LogP contribution in [0.4, 0.5) is 0 Å². The fourth-order valence-corrected chi connectivity index (χ4v) is 3.01. The van der Waals surface area contributed by atoms with Gasteiger partial charge in [-0.15, -0.1) is 0 Å². The summed E-state index contributed by atoms with van der Waals surface area (Å²) in [5, 5.41) is 1.25. The quantitative estimate of drug-likeness (QED) is 0.407. The molecule has 0 spiro atoms. The van der Waals surface area contributed by atoms with Crippen LogP contribution in [0.25, 0.3) is 33.1 Å². The van der Waals surface area contributed by atoms with Crippen molar-refractivity contribution in [3.63, 3.8) is 0 Å². The molecule has 4 rings (SSSR count). The van der Waals surface area contributed by atoms with E-state index in [1.165, 1.54) is 20.1 Å². The number of carbonyl (C=O) groups excluding carboxylic acids is 1. The Kier molecular flexibility index (Phi) is 3.88. The number of fused-ring (bicyclic) bond motifs is 2. The molecular formula is C21H14O6. The van der Waals surface area contributed by atoms with E-state index in [-0.39, 0.29) is 22.5 Å². The van der Waals surface area contributed by atoms with Gasteiger partial charge < -0.3 is 13.6 Å². The van der Waals surface area contributed by atoms with Crippen molar-refractivity contribution >= 4 is 27.7 Å². The predicted molar refractivity (Wildman–Crippen MR) is 101 cm³/mol. The molecule has 6 heteroatoms. The van der Waals surface area contributed by atoms with Gasteiger partial charge in [-0.05, 0) is 31.2 Å². The summed E-state index contributed by atoms with van der Waals surface area (Å²) in [5.41, 5.74) is -0.0318. The summed E-state index contributed by atoms with van der Waals surface area (Å²) in [6.07, 6.45) is 0. The number of para-hydroxylation sites is 1. The number of benzene rings is 2. The lowest BCUT2D eigenvalue weighted by Crippen LogP contribution is -2.11. The second-order valence-corrected chi connectivity index (χ2v) is 6.08. The third kappa shape index (κ3) is 2.81. The van der Waals surface area contributed by atoms with Crippen molar-refractivity contribution in [3.05, 3.63) is 74.9 Å². The molecule has 0 atom stereocenters. The van der Waals surface area contributed by atoms with Gasteiger partial charge in [-0.2, -0.15) is 0 Å². The predicted octanol–water partition coefficient (Wildman–Crippen LogP) is 3.78. The molecule has 0 saturated heterocycles. The number of hydrogen-bond acceptors (Lipinski definition) is 6. The van der Waals surface area contributed by atoms with E-state index < -0.39 is 11.3 Å². The Morgan fingerprint density at radius 1 is 0.889 bits per heavy atom. The fourth-order valence-electron chi connectivity index (χ4n) is 3.01. The summed E-state index contributed by atoms with van der Waals surface area (Å²) >= 11 is 0. The molecular weight excluding hydrogens is 348 g/mol. The van der Waals surface area contributed by atoms with Crippen LogP contribution in [0.5, 0.6) is 5.75 Å². The van der Waals surface area contributed by atoms with Crippen molar-refractivity contribution in [2.45, 2.75) is 6.92 Å². The maximum Gasteiger partial charge on any atom is 0.347 e. The molecule has 0 aliphatic rings. The average molecular weight is 362 g/mol. The Hall–Kier alpha value is -3.67. The van der Waals surface area contributed by atoms with E-state index in [0.29, 0.717) is 27.7 Å². The maximum absolute atomic E-state index is 12.6. The third-order valence-electron chi connectivity index (χ3n) is 4.37. The zero-order valence-corrected chi connectivity index (χ0v) is 14.6. The van der Waals surface area contributed by atoms with E-state index in [1.54, 1.807) is 42.5 Å². The molecule has 0 unspecified atom stereocenters. The fraction of sp³-hybridized carbons (Fsp3) is 0.0952. The van der Waals surface area contributed by atoms with Crippen LogP contribution in [0.15, 0.2) is 67.0 Å². The summed E-state index contributed by atoms with van der Waals surface area (Å²) in [6, 6.07) is 13.4. The molecule has 134 valence electrons. The van der Waals surface area contributed by atoms with Crippen molar-refractivity contribution in [3.8, 4) is 16.9 Å². The first-order valence-electron chi connectivity index (χ1n) is 8.18. The Balaban J connectivity index is 2.01. The van der Waals surface area contributed by atoms with Crippen molar-refractivity contribution in [1.29, 1.82) is 0 Å². The lowest BCUT2D eigenvalue weighted by Gasteiger charge is -2.07. The van der Waals surface area contributed by atoms with Gasteiger partial charge in [0.15, 0.2) is 5.78 Å². The van der Waals surface area contributed by atoms with E-state index in [1.807, 2.05) is 0 Å². The van der Waals surface area contributed by atoms with Gasteiger partial charge in [0.25, 0.3) is 0 Å². The second-order valence-electron chi connectivity index (χ2n) is 6.08. The molecule has 0 fully saturated rings. The number of carbonyl (C=O) groups is 1. The highest BCUT2D eigenvalue weighted by molar-refractivity contribution is 5.99. The van der Waals surface area contributed by atoms with Gasteiger partial charge >= 0.3 is 11.3 Å². The molecule has 2 aromatic heterocycles. The van der Waals surface area contributed by atoms with Crippen molar-refractivity contribution < 1.29 is 18.4 Å². The van der Waals surface area contributed by atoms with E-state index in [9.17, 15) is 14.4 Å². The minimum atomic E-state index is -0.739. The Morgan fingerprint density at radius 3 is 2.44 bits per heavy atom. The van der Waals surface area contributed by atoms with Gasteiger partial charge in [-0.25, -0.2) is 9.59 Å². The van der Waals surface area contributed by atoms with Gasteiger partial charge in [0.1, 0.15) is 22.5 Å². The van der Waals surface area contributed by atoms with Crippen LogP contribution in [0.2, 0.25) is 0 Å². The number of ether oxygens (including phenoxy) is 1. The molecule has 0 aliphatic carbocycles. The average Bonchev–Trinajstić information content (AvgIpc) is 2.66. The molecule has 0 bridgehead atoms. The van der Waals surface area contributed by atoms with Gasteiger partial charge in [-0.3, -0.25) is 4.79 Å². The van der Waals surface area contributed by atoms with Crippen molar-refractivity contribution in [2.75, 3.05) is 7.11 Å². The number of rotatable bonds is 3. The minimum Gasteiger partial charge on any atom is -0.497 e. The van der Waals surface area contributed by atoms with Crippen LogP contribution in [-0.4, -0.2) is 12.9 Å². The lowest BCUT2D eigenvalue weighted by molar-refractivity contribution is 0.101. The summed E-state index contributed by atoms with van der Waals surface area (Å²) < 4.78 is 15.9. The number of methoxy groups -OCH3 is 1. The van der Waals surface area contributed by atoms with E-state index in [0.717, 1.165) is 0 Å². The van der Waals surface area contributed by atoms with E-state index in [2.05, 4.69) is 0 Å². The standard InChI is InChI=1S/C21H14O6/c1-11(22)16-9-13-4-3-5-15(19(13)27-20(16)23)17-8-12-6-7-14(25-2)10-18(12)26-21(17)24/h3-10H,1-2H3. The van der Waals surface area contributed by atoms with Crippen LogP contribution in [-0.2, 0) is 0 Å². The molecule has 0 aliphatic heterocycles. The molecule has 6 nitrogen and oxygen atoms in total. The van der Waals surface area contributed by atoms with Gasteiger partial charge in [0.2, 0.25) is 0 Å². The van der Waals surface area contributed by atoms with Gasteiger partial charge in [-0.1, -0.05) is 18.2 Å². The number of hydrogen-bond donors (Lipinski definition) is 0. The van der Waals surface area contributed by atoms with Crippen LogP contribution >= 0.6 is 0 Å². The zero-order valence-electron chi connectivity index (χ0n) is 14.6. The largest absolute Gasteiger partial charge is 0.497 e. The maximum atomic E-state index is 12.6. The minimum absolute atomic E-state index is 0.0303.